The van der Waals surface area contributed by atoms with E-state index in [4.69, 9.17) is 14.2 Å². The van der Waals surface area contributed by atoms with E-state index in [1.165, 1.54) is 32.2 Å². The molecule has 17 heteroatoms. The predicted molar refractivity (Wildman–Crippen MR) is 189 cm³/mol. The average molecular weight is 738 g/mol. The topological polar surface area (TPSA) is 209 Å². The Balaban J connectivity index is 0.000000274. The number of hydrogen-bond donors (Lipinski definition) is 2. The van der Waals surface area contributed by atoms with Gasteiger partial charge in [-0.15, -0.1) is 6.58 Å². The summed E-state index contributed by atoms with van der Waals surface area (Å²) in [6, 6.07) is -0.435. The molecule has 0 spiro atoms. The monoisotopic (exact) mass is 737 g/mol. The Kier molecular flexibility index (Phi) is 16.0. The van der Waals surface area contributed by atoms with Crippen LogP contribution in [-0.2, 0) is 49.2 Å². The number of rotatable bonds is 13. The van der Waals surface area contributed by atoms with E-state index in [1.807, 2.05) is 19.1 Å². The lowest BCUT2D eigenvalue weighted by Gasteiger charge is -2.29. The van der Waals surface area contributed by atoms with Crippen molar-refractivity contribution in [1.82, 2.24) is 23.5 Å². The maximum Gasteiger partial charge on any atom is 0.336 e. The zero-order valence-corrected chi connectivity index (χ0v) is 31.6. The second kappa shape index (κ2) is 18.9. The maximum absolute atomic E-state index is 12.2. The molecule has 1 aromatic rings. The van der Waals surface area contributed by atoms with Crippen molar-refractivity contribution in [2.24, 2.45) is 37.8 Å². The van der Waals surface area contributed by atoms with Gasteiger partial charge in [0.2, 0.25) is 0 Å². The molecule has 1 aromatic heterocycles. The highest BCUT2D eigenvalue weighted by molar-refractivity contribution is 6.06. The summed E-state index contributed by atoms with van der Waals surface area (Å²) in [5.74, 6) is -1.59. The number of fused-ring (bicyclic) bond motifs is 2. The van der Waals surface area contributed by atoms with Crippen molar-refractivity contribution in [3.8, 4) is 0 Å². The standard InChI is InChI=1S/C14H20O5.C13H24N2O4.C8H11N3O3/c1-8(7-17-2)19-14(16)12-10-5-4-9(6-10)11(12)13(15)18-3;1-5-9(16)7-14-11(18)13(3,4)15(12(14)19)8-10(17)6-2;1-4-5-11-7(13)9(2)6(12)10(3)8(11)14/h4-5,8-12H,6-7H2,1-3H3;9-10,16-17H,5-8H2,1-4H3;4H,1,5H2,2-3H3. The fourth-order valence-electron chi connectivity index (χ4n) is 6.33. The molecular weight excluding hydrogens is 682 g/mol. The van der Waals surface area contributed by atoms with Gasteiger partial charge in [0, 0.05) is 27.7 Å². The molecule has 3 aliphatic rings. The summed E-state index contributed by atoms with van der Waals surface area (Å²) < 4.78 is 17.8. The summed E-state index contributed by atoms with van der Waals surface area (Å²) in [6.45, 7) is 12.7. The van der Waals surface area contributed by atoms with Gasteiger partial charge in [0.05, 0.1) is 50.8 Å². The van der Waals surface area contributed by atoms with E-state index in [2.05, 4.69) is 6.58 Å². The lowest BCUT2D eigenvalue weighted by Crippen LogP contribution is -2.52. The molecule has 3 amide bonds. The number of esters is 2. The number of nitrogens with zero attached hydrogens (tertiary/aromatic N) is 5. The first-order valence-corrected chi connectivity index (χ1v) is 17.3. The molecule has 52 heavy (non-hydrogen) atoms. The Morgan fingerprint density at radius 2 is 1.40 bits per heavy atom. The minimum Gasteiger partial charge on any atom is -0.469 e. The highest BCUT2D eigenvalue weighted by Crippen LogP contribution is 2.49. The highest BCUT2D eigenvalue weighted by atomic mass is 16.6. The molecule has 0 radical (unpaired) electrons. The second-order valence-corrected chi connectivity index (χ2v) is 13.6. The Morgan fingerprint density at radius 3 is 1.87 bits per heavy atom. The molecular formula is C35H55N5O12. The fraction of sp³-hybridized carbons (Fsp3) is 0.686. The minimum atomic E-state index is -0.972. The fourth-order valence-corrected chi connectivity index (χ4v) is 6.33. The summed E-state index contributed by atoms with van der Waals surface area (Å²) in [7, 11) is 5.56. The zero-order chi connectivity index (χ0) is 39.7. The molecule has 2 bridgehead atoms. The van der Waals surface area contributed by atoms with Crippen LogP contribution in [0.25, 0.3) is 0 Å². The van der Waals surface area contributed by atoms with Gasteiger partial charge in [-0.1, -0.05) is 32.1 Å². The normalized spacial score (nSPS) is 22.9. The number of aromatic nitrogens is 3. The van der Waals surface area contributed by atoms with E-state index in [9.17, 15) is 43.8 Å². The zero-order valence-electron chi connectivity index (χ0n) is 31.6. The summed E-state index contributed by atoms with van der Waals surface area (Å²) >= 11 is 0. The minimum absolute atomic E-state index is 0.0102. The number of hydrogen-bond acceptors (Lipinski definition) is 12. The van der Waals surface area contributed by atoms with Crippen molar-refractivity contribution < 1.29 is 43.6 Å². The molecule has 0 aromatic carbocycles. The largest absolute Gasteiger partial charge is 0.469 e. The van der Waals surface area contributed by atoms with Crippen molar-refractivity contribution in [1.29, 1.82) is 0 Å². The lowest BCUT2D eigenvalue weighted by atomic mass is 9.83. The van der Waals surface area contributed by atoms with Gasteiger partial charge in [-0.05, 0) is 51.9 Å². The smallest absolute Gasteiger partial charge is 0.336 e. The van der Waals surface area contributed by atoms with E-state index in [-0.39, 0.29) is 55.4 Å². The summed E-state index contributed by atoms with van der Waals surface area (Å²) in [4.78, 5) is 85.1. The molecule has 17 nitrogen and oxygen atoms in total. The second-order valence-electron chi connectivity index (χ2n) is 13.6. The number of carbonyl (C=O) groups is 4. The van der Waals surface area contributed by atoms with Crippen molar-refractivity contribution in [3.63, 3.8) is 0 Å². The highest BCUT2D eigenvalue weighted by Gasteiger charge is 2.53. The first-order valence-electron chi connectivity index (χ1n) is 17.3. The van der Waals surface area contributed by atoms with Crippen LogP contribution in [0.15, 0.2) is 39.2 Å². The molecule has 2 aliphatic carbocycles. The van der Waals surface area contributed by atoms with Crippen LogP contribution in [0.5, 0.6) is 0 Å². The molecule has 1 saturated carbocycles. The maximum atomic E-state index is 12.2. The van der Waals surface area contributed by atoms with Gasteiger partial charge in [0.15, 0.2) is 0 Å². The molecule has 4 rings (SSSR count). The first-order chi connectivity index (χ1) is 24.3. The molecule has 2 fully saturated rings. The van der Waals surface area contributed by atoms with Crippen LogP contribution < -0.4 is 17.1 Å². The third-order valence-electron chi connectivity index (χ3n) is 9.48. The summed E-state index contributed by atoms with van der Waals surface area (Å²) in [6.07, 6.45) is 5.61. The molecule has 292 valence electrons. The van der Waals surface area contributed by atoms with Gasteiger partial charge in [-0.3, -0.25) is 19.3 Å². The van der Waals surface area contributed by atoms with Crippen LogP contribution in [0.2, 0.25) is 0 Å². The van der Waals surface area contributed by atoms with E-state index in [0.717, 1.165) is 25.0 Å². The van der Waals surface area contributed by atoms with Crippen LogP contribution in [0, 0.1) is 23.7 Å². The van der Waals surface area contributed by atoms with Crippen molar-refractivity contribution in [3.05, 3.63) is 56.3 Å². The number of carbonyl (C=O) groups excluding carboxylic acids is 4. The number of methoxy groups -OCH3 is 2. The molecule has 2 N–H and O–H groups in total. The van der Waals surface area contributed by atoms with E-state index < -0.39 is 52.7 Å². The van der Waals surface area contributed by atoms with E-state index >= 15 is 0 Å². The van der Waals surface area contributed by atoms with Crippen molar-refractivity contribution in [2.45, 2.75) is 84.3 Å². The van der Waals surface area contributed by atoms with Gasteiger partial charge < -0.3 is 29.3 Å². The molecule has 1 aliphatic heterocycles. The number of aliphatic hydroxyl groups excluding tert-OH is 2. The summed E-state index contributed by atoms with van der Waals surface area (Å²) in [5.41, 5.74) is -2.85. The van der Waals surface area contributed by atoms with Crippen LogP contribution in [-0.4, -0.2) is 115 Å². The van der Waals surface area contributed by atoms with E-state index in [1.54, 1.807) is 34.8 Å². The SMILES string of the molecule is C=CCn1c(=O)n(C)c(=O)n(C)c1=O.CCC(O)CN1C(=O)N(CC(O)CC)C(C)(C)C1=O.COCC(C)OC(=O)C1C2C=CC(C2)C1C(=O)OC. The molecule has 1 saturated heterocycles. The Hall–Kier alpha value is -4.35. The number of β-amino-alcohol motifs (C(OH)–C–C–N with tert-alkyl or cyclic N) is 2. The number of imide groups is 1. The lowest BCUT2D eigenvalue weighted by molar-refractivity contribution is -0.164. The molecule has 7 atom stereocenters. The Labute approximate surface area is 303 Å². The first kappa shape index (κ1) is 43.8. The third kappa shape index (κ3) is 9.74. The Morgan fingerprint density at radius 1 is 0.904 bits per heavy atom. The quantitative estimate of drug-likeness (QED) is 0.158. The van der Waals surface area contributed by atoms with Crippen LogP contribution >= 0.6 is 0 Å². The third-order valence-corrected chi connectivity index (χ3v) is 9.48. The van der Waals surface area contributed by atoms with Crippen molar-refractivity contribution in [2.75, 3.05) is 33.9 Å². The summed E-state index contributed by atoms with van der Waals surface area (Å²) in [5, 5.41) is 19.3. The Bertz CT molecular complexity index is 1620. The van der Waals surface area contributed by atoms with Gasteiger partial charge >= 0.3 is 35.0 Å². The number of amides is 3. The van der Waals surface area contributed by atoms with E-state index in [0.29, 0.717) is 19.4 Å². The average Bonchev–Trinajstić information content (AvgIpc) is 3.78. The van der Waals surface area contributed by atoms with Gasteiger partial charge in [0.25, 0.3) is 5.91 Å². The van der Waals surface area contributed by atoms with Gasteiger partial charge in [0.1, 0.15) is 11.6 Å². The molecule has 2 heterocycles. The number of allylic oxidation sites excluding steroid dienone is 3. The van der Waals surface area contributed by atoms with Crippen LogP contribution in [0.1, 0.15) is 53.9 Å². The molecule has 7 unspecified atom stereocenters. The van der Waals surface area contributed by atoms with Gasteiger partial charge in [-0.25, -0.2) is 32.9 Å². The number of ether oxygens (including phenoxy) is 3. The number of aliphatic hydroxyl groups is 2. The predicted octanol–water partition coefficient (Wildman–Crippen LogP) is 0.179. The van der Waals surface area contributed by atoms with Crippen LogP contribution in [0.4, 0.5) is 4.79 Å². The van der Waals surface area contributed by atoms with Crippen LogP contribution in [0.3, 0.4) is 0 Å². The van der Waals surface area contributed by atoms with Gasteiger partial charge in [-0.2, -0.15) is 0 Å². The van der Waals surface area contributed by atoms with Crippen molar-refractivity contribution >= 4 is 23.9 Å². The number of urea groups is 1.